The fourth-order valence-corrected chi connectivity index (χ4v) is 1.13. The molecule has 11 heavy (non-hydrogen) atoms. The van der Waals surface area contributed by atoms with E-state index in [4.69, 9.17) is 12.2 Å². The molecule has 1 N–H and O–H groups in total. The third-order valence-electron chi connectivity index (χ3n) is 1.05. The fraction of sp³-hybridized carbons (Fsp3) is 0. The molecule has 0 aliphatic rings. The van der Waals surface area contributed by atoms with Gasteiger partial charge in [0, 0.05) is 6.20 Å². The Morgan fingerprint density at radius 1 is 1.73 bits per heavy atom. The molecule has 1 aromatic rings. The van der Waals surface area contributed by atoms with Crippen molar-refractivity contribution in [3.05, 3.63) is 31.5 Å². The van der Waals surface area contributed by atoms with E-state index in [1.54, 1.807) is 0 Å². The predicted molar refractivity (Wildman–Crippen MR) is 46.0 cm³/mol. The monoisotopic (exact) mass is 234 g/mol. The molecule has 0 spiro atoms. The number of rotatable bonds is 1. The first kappa shape index (κ1) is 8.35. The first-order valence-electron chi connectivity index (χ1n) is 2.64. The van der Waals surface area contributed by atoms with E-state index >= 15 is 0 Å². The van der Waals surface area contributed by atoms with Gasteiger partial charge < -0.3 is 4.98 Å². The highest BCUT2D eigenvalue weighted by molar-refractivity contribution is 9.10. The average Bonchev–Trinajstić information content (AvgIpc) is 1.94. The van der Waals surface area contributed by atoms with Crippen LogP contribution in [0.2, 0.25) is 0 Å². The number of nitrogens with zero attached hydrogens (tertiary/aromatic N) is 1. The Morgan fingerprint density at radius 3 is 2.82 bits per heavy atom. The van der Waals surface area contributed by atoms with Crippen LogP contribution in [0.4, 0.5) is 5.69 Å². The van der Waals surface area contributed by atoms with Crippen LogP contribution in [-0.4, -0.2) is 9.91 Å². The van der Waals surface area contributed by atoms with E-state index in [9.17, 15) is 10.1 Å². The van der Waals surface area contributed by atoms with E-state index in [-0.39, 0.29) is 5.69 Å². The van der Waals surface area contributed by atoms with Gasteiger partial charge in [-0.05, 0) is 15.9 Å². The summed E-state index contributed by atoms with van der Waals surface area (Å²) in [6, 6.07) is 1.29. The molecule has 1 heterocycles. The lowest BCUT2D eigenvalue weighted by Gasteiger charge is -1.92. The topological polar surface area (TPSA) is 58.9 Å². The van der Waals surface area contributed by atoms with Crippen molar-refractivity contribution in [1.82, 2.24) is 4.98 Å². The van der Waals surface area contributed by atoms with Crippen molar-refractivity contribution < 1.29 is 4.92 Å². The number of hydrogen-bond acceptors (Lipinski definition) is 3. The van der Waals surface area contributed by atoms with Crippen LogP contribution in [0.15, 0.2) is 16.7 Å². The summed E-state index contributed by atoms with van der Waals surface area (Å²) in [4.78, 5) is 12.5. The Labute approximate surface area is 75.5 Å². The molecule has 4 nitrogen and oxygen atoms in total. The highest BCUT2D eigenvalue weighted by Crippen LogP contribution is 2.22. The zero-order valence-electron chi connectivity index (χ0n) is 5.20. The smallest absolute Gasteiger partial charge is 0.287 e. The molecule has 1 rings (SSSR count). The van der Waals surface area contributed by atoms with E-state index < -0.39 is 4.92 Å². The van der Waals surface area contributed by atoms with Crippen LogP contribution >= 0.6 is 28.1 Å². The fourth-order valence-electron chi connectivity index (χ4n) is 0.583. The quantitative estimate of drug-likeness (QED) is 0.462. The minimum atomic E-state index is -0.492. The number of nitro groups is 1. The van der Waals surface area contributed by atoms with E-state index in [0.717, 1.165) is 0 Å². The molecule has 0 aliphatic carbocycles. The first-order chi connectivity index (χ1) is 5.11. The second-order valence-corrected chi connectivity index (χ2v) is 3.08. The molecule has 0 amide bonds. The average molecular weight is 235 g/mol. The van der Waals surface area contributed by atoms with Crippen molar-refractivity contribution in [3.63, 3.8) is 0 Å². The summed E-state index contributed by atoms with van der Waals surface area (Å²) in [5.74, 6) is 0. The maximum absolute atomic E-state index is 10.3. The van der Waals surface area contributed by atoms with Crippen molar-refractivity contribution >= 4 is 33.8 Å². The third-order valence-corrected chi connectivity index (χ3v) is 1.92. The lowest BCUT2D eigenvalue weighted by atomic mass is 10.4. The molecule has 6 heteroatoms. The molecule has 0 bridgehead atoms. The number of hydrogen-bond donors (Lipinski definition) is 1. The molecule has 0 aromatic carbocycles. The van der Waals surface area contributed by atoms with Gasteiger partial charge in [0.25, 0.3) is 5.69 Å². The SMILES string of the molecule is O=[N+]([O-])c1cc(=S)[nH]cc1Br. The van der Waals surface area contributed by atoms with Crippen LogP contribution in [0.3, 0.4) is 0 Å². The van der Waals surface area contributed by atoms with Crippen LogP contribution in [0.5, 0.6) is 0 Å². The molecule has 0 unspecified atom stereocenters. The standard InChI is InChI=1S/C5H3BrN2O2S/c6-3-2-7-5(11)1-4(3)8(9)10/h1-2H,(H,7,11). The van der Waals surface area contributed by atoms with Gasteiger partial charge in [-0.1, -0.05) is 12.2 Å². The predicted octanol–water partition coefficient (Wildman–Crippen LogP) is 2.41. The maximum Gasteiger partial charge on any atom is 0.287 e. The number of halogens is 1. The minimum Gasteiger partial charge on any atom is -0.351 e. The zero-order valence-corrected chi connectivity index (χ0v) is 7.61. The lowest BCUT2D eigenvalue weighted by molar-refractivity contribution is -0.385. The molecule has 0 atom stereocenters. The van der Waals surface area contributed by atoms with Gasteiger partial charge in [-0.3, -0.25) is 10.1 Å². The molecular weight excluding hydrogens is 232 g/mol. The van der Waals surface area contributed by atoms with Crippen LogP contribution in [0.1, 0.15) is 0 Å². The summed E-state index contributed by atoms with van der Waals surface area (Å²) >= 11 is 7.71. The first-order valence-corrected chi connectivity index (χ1v) is 3.84. The molecular formula is C5H3BrN2O2S. The van der Waals surface area contributed by atoms with Crippen molar-refractivity contribution in [2.75, 3.05) is 0 Å². The highest BCUT2D eigenvalue weighted by atomic mass is 79.9. The summed E-state index contributed by atoms with van der Waals surface area (Å²) in [6.45, 7) is 0. The summed E-state index contributed by atoms with van der Waals surface area (Å²) in [5, 5.41) is 10.3. The van der Waals surface area contributed by atoms with Gasteiger partial charge in [0.2, 0.25) is 0 Å². The minimum absolute atomic E-state index is 0.0197. The molecule has 58 valence electrons. The summed E-state index contributed by atoms with van der Waals surface area (Å²) < 4.78 is 0.746. The molecule has 0 radical (unpaired) electrons. The Hall–Kier alpha value is -0.750. The maximum atomic E-state index is 10.3. The van der Waals surface area contributed by atoms with E-state index in [1.165, 1.54) is 12.3 Å². The molecule has 0 aliphatic heterocycles. The van der Waals surface area contributed by atoms with Crippen LogP contribution in [0, 0.1) is 14.8 Å². The van der Waals surface area contributed by atoms with Crippen LogP contribution in [-0.2, 0) is 0 Å². The number of aromatic nitrogens is 1. The zero-order chi connectivity index (χ0) is 8.43. The third kappa shape index (κ3) is 1.84. The van der Waals surface area contributed by atoms with Gasteiger partial charge in [-0.15, -0.1) is 0 Å². The molecule has 1 aromatic heterocycles. The second-order valence-electron chi connectivity index (χ2n) is 1.79. The van der Waals surface area contributed by atoms with Gasteiger partial charge in [0.1, 0.15) is 9.11 Å². The van der Waals surface area contributed by atoms with Gasteiger partial charge in [-0.2, -0.15) is 0 Å². The van der Waals surface area contributed by atoms with Gasteiger partial charge in [-0.25, -0.2) is 0 Å². The van der Waals surface area contributed by atoms with Crippen molar-refractivity contribution in [1.29, 1.82) is 0 Å². The van der Waals surface area contributed by atoms with E-state index in [1.807, 2.05) is 0 Å². The van der Waals surface area contributed by atoms with Gasteiger partial charge in [0.15, 0.2) is 0 Å². The number of pyridine rings is 1. The summed E-state index contributed by atoms with van der Waals surface area (Å²) in [6.07, 6.45) is 1.44. The van der Waals surface area contributed by atoms with E-state index in [0.29, 0.717) is 9.11 Å². The summed E-state index contributed by atoms with van der Waals surface area (Å²) in [7, 11) is 0. The summed E-state index contributed by atoms with van der Waals surface area (Å²) in [5.41, 5.74) is -0.0197. The van der Waals surface area contributed by atoms with Gasteiger partial charge >= 0.3 is 0 Å². The molecule has 0 saturated carbocycles. The largest absolute Gasteiger partial charge is 0.351 e. The Kier molecular flexibility index (Phi) is 2.35. The van der Waals surface area contributed by atoms with Crippen molar-refractivity contribution in [2.24, 2.45) is 0 Å². The van der Waals surface area contributed by atoms with Crippen LogP contribution in [0.25, 0.3) is 0 Å². The highest BCUT2D eigenvalue weighted by Gasteiger charge is 2.09. The van der Waals surface area contributed by atoms with Crippen LogP contribution < -0.4 is 0 Å². The Balaban J connectivity index is 3.35. The van der Waals surface area contributed by atoms with E-state index in [2.05, 4.69) is 20.9 Å². The number of nitrogens with one attached hydrogen (secondary N) is 1. The number of H-pyrrole nitrogens is 1. The Morgan fingerprint density at radius 2 is 2.36 bits per heavy atom. The Bertz CT molecular complexity index is 349. The second kappa shape index (κ2) is 3.10. The van der Waals surface area contributed by atoms with Gasteiger partial charge in [0.05, 0.1) is 11.0 Å². The normalized spacial score (nSPS) is 9.55. The van der Waals surface area contributed by atoms with Crippen molar-refractivity contribution in [3.8, 4) is 0 Å². The van der Waals surface area contributed by atoms with Crippen molar-refractivity contribution in [2.45, 2.75) is 0 Å². The molecule has 0 fully saturated rings. The lowest BCUT2D eigenvalue weighted by Crippen LogP contribution is -1.89. The number of aromatic amines is 1. The molecule has 0 saturated heterocycles.